The van der Waals surface area contributed by atoms with Gasteiger partial charge >= 0.3 is 0 Å². The molecule has 0 heterocycles. The van der Waals surface area contributed by atoms with Gasteiger partial charge in [-0.05, 0) is 6.08 Å². The van der Waals surface area contributed by atoms with Crippen LogP contribution in [0.3, 0.4) is 0 Å². The molecule has 0 rings (SSSR count). The lowest BCUT2D eigenvalue weighted by molar-refractivity contribution is -0.870. The Bertz CT molecular complexity index is 189. The van der Waals surface area contributed by atoms with Crippen molar-refractivity contribution in [2.45, 2.75) is 6.10 Å². The van der Waals surface area contributed by atoms with Crippen LogP contribution < -0.4 is 0 Å². The molecule has 0 aromatic rings. The van der Waals surface area contributed by atoms with E-state index in [0.29, 0.717) is 13.2 Å². The van der Waals surface area contributed by atoms with Crippen molar-refractivity contribution >= 4 is 0 Å². The van der Waals surface area contributed by atoms with Gasteiger partial charge in [0.15, 0.2) is 0 Å². The van der Waals surface area contributed by atoms with Crippen LogP contribution in [-0.2, 0) is 9.47 Å². The molecule has 0 radical (unpaired) electrons. The number of aliphatic hydroxyl groups is 2. The summed E-state index contributed by atoms with van der Waals surface area (Å²) in [6.07, 6.45) is 2.40. The van der Waals surface area contributed by atoms with Gasteiger partial charge in [-0.3, -0.25) is 0 Å². The summed E-state index contributed by atoms with van der Waals surface area (Å²) in [5, 5.41) is 17.4. The number of quaternary nitrogens is 1. The Hall–Kier alpha value is -0.620. The second-order valence-corrected chi connectivity index (χ2v) is 4.63. The molecule has 0 aromatic carbocycles. The van der Waals surface area contributed by atoms with Gasteiger partial charge in [-0.2, -0.15) is 0 Å². The largest absolute Gasteiger partial charge is 0.499 e. The van der Waals surface area contributed by atoms with Gasteiger partial charge in [0.25, 0.3) is 0 Å². The summed E-state index contributed by atoms with van der Waals surface area (Å²) < 4.78 is 11.2. The number of ether oxygens (including phenoxy) is 2. The van der Waals surface area contributed by atoms with Gasteiger partial charge in [0.1, 0.15) is 19.3 Å². The normalized spacial score (nSPS) is 14.3. The van der Waals surface area contributed by atoms with Gasteiger partial charge in [-0.1, -0.05) is 0 Å². The van der Waals surface area contributed by atoms with E-state index in [1.165, 1.54) is 6.26 Å². The van der Waals surface area contributed by atoms with E-state index in [9.17, 15) is 0 Å². The number of nitrogens with zero attached hydrogens (tertiary/aromatic N) is 1. The maximum absolute atomic E-state index is 8.95. The second-order valence-electron chi connectivity index (χ2n) is 4.63. The van der Waals surface area contributed by atoms with Crippen molar-refractivity contribution in [2.24, 2.45) is 0 Å². The summed E-state index contributed by atoms with van der Waals surface area (Å²) in [5.74, 6) is 0. The van der Waals surface area contributed by atoms with Crippen LogP contribution in [0, 0.1) is 0 Å². The highest BCUT2D eigenvalue weighted by Gasteiger charge is 2.04. The monoisotopic (exact) mass is 234 g/mol. The van der Waals surface area contributed by atoms with Gasteiger partial charge in [-0.25, -0.2) is 0 Å². The standard InChI is InChI=1S/C11H24NO4/c1-12(2,3)5-8-15-6-4-7-16-10-11(14)9-13/h4,7,11,13-14H,5-6,8-10H2,1-3H3/q+1. The van der Waals surface area contributed by atoms with E-state index in [0.717, 1.165) is 11.0 Å². The van der Waals surface area contributed by atoms with Crippen molar-refractivity contribution in [1.82, 2.24) is 0 Å². The van der Waals surface area contributed by atoms with E-state index in [1.54, 1.807) is 6.08 Å². The minimum absolute atomic E-state index is 0.103. The quantitative estimate of drug-likeness (QED) is 0.323. The molecular formula is C11H24NO4+. The molecule has 16 heavy (non-hydrogen) atoms. The van der Waals surface area contributed by atoms with Crippen LogP contribution in [0.25, 0.3) is 0 Å². The number of aliphatic hydroxyl groups excluding tert-OH is 2. The maximum Gasteiger partial charge on any atom is 0.115 e. The Morgan fingerprint density at radius 3 is 2.56 bits per heavy atom. The van der Waals surface area contributed by atoms with Gasteiger partial charge in [0, 0.05) is 0 Å². The van der Waals surface area contributed by atoms with Crippen LogP contribution in [-0.4, -0.2) is 74.9 Å². The highest BCUT2D eigenvalue weighted by atomic mass is 16.5. The lowest BCUT2D eigenvalue weighted by Crippen LogP contribution is -2.37. The Balaban J connectivity index is 3.28. The Kier molecular flexibility index (Phi) is 8.19. The van der Waals surface area contributed by atoms with Crippen LogP contribution in [0.4, 0.5) is 0 Å². The zero-order valence-corrected chi connectivity index (χ0v) is 10.4. The highest BCUT2D eigenvalue weighted by Crippen LogP contribution is 1.90. The smallest absolute Gasteiger partial charge is 0.115 e. The van der Waals surface area contributed by atoms with Crippen LogP contribution >= 0.6 is 0 Å². The molecule has 96 valence electrons. The predicted octanol–water partition coefficient (Wildman–Crippen LogP) is -0.407. The molecule has 0 aliphatic rings. The average Bonchev–Trinajstić information content (AvgIpc) is 2.20. The minimum atomic E-state index is -0.816. The molecule has 0 aliphatic carbocycles. The fourth-order valence-corrected chi connectivity index (χ4v) is 0.816. The molecule has 0 saturated carbocycles. The van der Waals surface area contributed by atoms with Crippen molar-refractivity contribution in [3.63, 3.8) is 0 Å². The fraction of sp³-hybridized carbons (Fsp3) is 0.818. The third-order valence-corrected chi connectivity index (χ3v) is 1.81. The van der Waals surface area contributed by atoms with E-state index < -0.39 is 6.10 Å². The minimum Gasteiger partial charge on any atom is -0.499 e. The fourth-order valence-electron chi connectivity index (χ4n) is 0.816. The summed E-state index contributed by atoms with van der Waals surface area (Å²) in [5.41, 5.74) is 0. The predicted molar refractivity (Wildman–Crippen MR) is 61.9 cm³/mol. The first kappa shape index (κ1) is 15.4. The van der Waals surface area contributed by atoms with Crippen LogP contribution in [0.1, 0.15) is 0 Å². The topological polar surface area (TPSA) is 58.9 Å². The zero-order valence-electron chi connectivity index (χ0n) is 10.4. The molecule has 1 unspecified atom stereocenters. The van der Waals surface area contributed by atoms with Crippen LogP contribution in [0.2, 0.25) is 0 Å². The first-order valence-corrected chi connectivity index (χ1v) is 5.39. The van der Waals surface area contributed by atoms with Crippen molar-refractivity contribution in [2.75, 3.05) is 54.1 Å². The van der Waals surface area contributed by atoms with Gasteiger partial charge in [0.2, 0.25) is 0 Å². The Labute approximate surface area is 97.5 Å². The molecule has 0 spiro atoms. The molecule has 1 atom stereocenters. The molecule has 0 amide bonds. The lowest BCUT2D eigenvalue weighted by Gasteiger charge is -2.23. The van der Waals surface area contributed by atoms with E-state index in [1.807, 2.05) is 0 Å². The molecular weight excluding hydrogens is 210 g/mol. The first-order chi connectivity index (χ1) is 7.45. The Morgan fingerprint density at radius 2 is 2.00 bits per heavy atom. The third-order valence-electron chi connectivity index (χ3n) is 1.81. The molecule has 5 heteroatoms. The van der Waals surface area contributed by atoms with Crippen molar-refractivity contribution in [1.29, 1.82) is 0 Å². The summed E-state index contributed by atoms with van der Waals surface area (Å²) in [6, 6.07) is 0. The number of hydrogen-bond donors (Lipinski definition) is 2. The summed E-state index contributed by atoms with van der Waals surface area (Å²) in [4.78, 5) is 0. The van der Waals surface area contributed by atoms with E-state index in [2.05, 4.69) is 21.1 Å². The van der Waals surface area contributed by atoms with E-state index in [-0.39, 0.29) is 13.2 Å². The number of rotatable bonds is 9. The summed E-state index contributed by atoms with van der Waals surface area (Å²) in [6.45, 7) is 1.97. The summed E-state index contributed by atoms with van der Waals surface area (Å²) >= 11 is 0. The van der Waals surface area contributed by atoms with Crippen molar-refractivity contribution in [3.8, 4) is 0 Å². The highest BCUT2D eigenvalue weighted by molar-refractivity contribution is 4.73. The second kappa shape index (κ2) is 8.52. The van der Waals surface area contributed by atoms with Crippen molar-refractivity contribution < 1.29 is 24.2 Å². The van der Waals surface area contributed by atoms with E-state index >= 15 is 0 Å². The van der Waals surface area contributed by atoms with Gasteiger partial charge in [-0.15, -0.1) is 0 Å². The average molecular weight is 234 g/mol. The number of likely N-dealkylation sites (N-methyl/N-ethyl adjacent to an activating group) is 1. The molecule has 2 N–H and O–H groups in total. The lowest BCUT2D eigenvalue weighted by atomic mass is 10.4. The first-order valence-electron chi connectivity index (χ1n) is 5.39. The third kappa shape index (κ3) is 11.5. The molecule has 0 aromatic heterocycles. The Morgan fingerprint density at radius 1 is 1.31 bits per heavy atom. The molecule has 5 nitrogen and oxygen atoms in total. The zero-order chi connectivity index (χ0) is 12.4. The molecule has 0 fully saturated rings. The number of hydrogen-bond acceptors (Lipinski definition) is 4. The molecule has 0 saturated heterocycles. The molecule has 0 bridgehead atoms. The van der Waals surface area contributed by atoms with Gasteiger partial charge in [0.05, 0.1) is 47.2 Å². The molecule has 0 aliphatic heterocycles. The van der Waals surface area contributed by atoms with Crippen LogP contribution in [0.15, 0.2) is 12.3 Å². The maximum atomic E-state index is 8.95. The van der Waals surface area contributed by atoms with Crippen LogP contribution in [0.5, 0.6) is 0 Å². The van der Waals surface area contributed by atoms with Crippen molar-refractivity contribution in [3.05, 3.63) is 12.3 Å². The summed E-state index contributed by atoms with van der Waals surface area (Å²) in [7, 11) is 6.33. The van der Waals surface area contributed by atoms with Gasteiger partial charge < -0.3 is 24.2 Å². The SMILES string of the molecule is C[N+](C)(C)CCOCC=COCC(O)CO. The van der Waals surface area contributed by atoms with E-state index in [4.69, 9.17) is 19.7 Å².